The summed E-state index contributed by atoms with van der Waals surface area (Å²) in [5.41, 5.74) is 1.02. The van der Waals surface area contributed by atoms with Gasteiger partial charge in [-0.25, -0.2) is 4.98 Å². The molecule has 9 nitrogen and oxygen atoms in total. The number of nitrogens with one attached hydrogen (secondary N) is 3. The average molecular weight is 513 g/mol. The van der Waals surface area contributed by atoms with Crippen LogP contribution >= 0.6 is 24.0 Å². The van der Waals surface area contributed by atoms with Gasteiger partial charge in [-0.2, -0.15) is 5.10 Å². The first-order valence-electron chi connectivity index (χ1n) is 9.58. The second-order valence-corrected chi connectivity index (χ2v) is 6.42. The first-order chi connectivity index (χ1) is 13.7. The Morgan fingerprint density at radius 1 is 1.28 bits per heavy atom. The van der Waals surface area contributed by atoms with E-state index in [4.69, 9.17) is 8.94 Å². The summed E-state index contributed by atoms with van der Waals surface area (Å²) in [4.78, 5) is 8.65. The molecule has 0 aliphatic rings. The number of rotatable bonds is 9. The Morgan fingerprint density at radius 2 is 2.10 bits per heavy atom. The summed E-state index contributed by atoms with van der Waals surface area (Å²) in [7, 11) is 1.73. The molecule has 0 amide bonds. The van der Waals surface area contributed by atoms with Crippen molar-refractivity contribution >= 4 is 29.9 Å². The summed E-state index contributed by atoms with van der Waals surface area (Å²) >= 11 is 0. The number of aromatic amines is 1. The molecule has 158 valence electrons. The molecule has 0 unspecified atom stereocenters. The second kappa shape index (κ2) is 11.6. The summed E-state index contributed by atoms with van der Waals surface area (Å²) in [6, 6.07) is 5.66. The van der Waals surface area contributed by atoms with Crippen LogP contribution in [0.4, 0.5) is 0 Å². The van der Waals surface area contributed by atoms with E-state index >= 15 is 0 Å². The standard InChI is InChI=1S/C19H27N7O2.HI/c1-4-13(5-2)15-11-14(28-26-15)12-22-19(20-3)21-9-8-17-23-18(25-24-17)16-7-6-10-27-16;/h6-7,10-11,13H,4-5,8-9,12H2,1-3H3,(H2,20,21,22)(H,23,24,25);1H. The fraction of sp³-hybridized carbons (Fsp3) is 0.474. The molecular weight excluding hydrogens is 485 g/mol. The maximum Gasteiger partial charge on any atom is 0.216 e. The normalized spacial score (nSPS) is 11.5. The quantitative estimate of drug-likeness (QED) is 0.228. The monoisotopic (exact) mass is 513 g/mol. The van der Waals surface area contributed by atoms with Crippen molar-refractivity contribution in [3.05, 3.63) is 41.7 Å². The van der Waals surface area contributed by atoms with Crippen LogP contribution in [0.25, 0.3) is 11.6 Å². The van der Waals surface area contributed by atoms with Crippen molar-refractivity contribution in [2.45, 2.75) is 45.6 Å². The number of halogens is 1. The van der Waals surface area contributed by atoms with E-state index < -0.39 is 0 Å². The Kier molecular flexibility index (Phi) is 9.16. The van der Waals surface area contributed by atoms with E-state index in [0.29, 0.717) is 43.0 Å². The van der Waals surface area contributed by atoms with Crippen molar-refractivity contribution < 1.29 is 8.94 Å². The van der Waals surface area contributed by atoms with Crippen molar-refractivity contribution in [2.24, 2.45) is 4.99 Å². The SMILES string of the molecule is CCC(CC)c1cc(CNC(=NC)NCCc2nc(-c3ccco3)n[nH]2)on1.I. The first kappa shape index (κ1) is 22.9. The van der Waals surface area contributed by atoms with E-state index in [1.807, 2.05) is 18.2 Å². The zero-order chi connectivity index (χ0) is 19.8. The molecule has 0 saturated carbocycles. The summed E-state index contributed by atoms with van der Waals surface area (Å²) in [6.07, 6.45) is 4.39. The lowest BCUT2D eigenvalue weighted by Crippen LogP contribution is -2.37. The lowest BCUT2D eigenvalue weighted by Gasteiger charge is -2.09. The van der Waals surface area contributed by atoms with Gasteiger partial charge in [0.25, 0.3) is 0 Å². The van der Waals surface area contributed by atoms with Gasteiger partial charge in [-0.3, -0.25) is 10.1 Å². The number of aromatic nitrogens is 4. The number of nitrogens with zero attached hydrogens (tertiary/aromatic N) is 4. The Bertz CT molecular complexity index is 869. The van der Waals surface area contributed by atoms with Crippen LogP contribution in [0.5, 0.6) is 0 Å². The van der Waals surface area contributed by atoms with Crippen LogP contribution in [0, 0.1) is 0 Å². The Labute approximate surface area is 187 Å². The third-order valence-corrected chi connectivity index (χ3v) is 4.56. The van der Waals surface area contributed by atoms with Crippen molar-refractivity contribution in [1.82, 2.24) is 31.0 Å². The second-order valence-electron chi connectivity index (χ2n) is 6.42. The minimum atomic E-state index is 0. The number of hydrogen-bond acceptors (Lipinski definition) is 6. The molecule has 0 fully saturated rings. The highest BCUT2D eigenvalue weighted by Crippen LogP contribution is 2.22. The van der Waals surface area contributed by atoms with E-state index in [1.165, 1.54) is 0 Å². The zero-order valence-corrected chi connectivity index (χ0v) is 19.3. The Hall–Kier alpha value is -2.37. The van der Waals surface area contributed by atoms with E-state index in [1.54, 1.807) is 13.3 Å². The van der Waals surface area contributed by atoms with E-state index in [0.717, 1.165) is 30.1 Å². The minimum absolute atomic E-state index is 0. The number of hydrogen-bond donors (Lipinski definition) is 3. The lowest BCUT2D eigenvalue weighted by molar-refractivity contribution is 0.368. The maximum atomic E-state index is 5.43. The molecule has 10 heteroatoms. The van der Waals surface area contributed by atoms with Crippen LogP contribution in [-0.4, -0.2) is 39.9 Å². The molecule has 29 heavy (non-hydrogen) atoms. The predicted molar refractivity (Wildman–Crippen MR) is 121 cm³/mol. The highest BCUT2D eigenvalue weighted by molar-refractivity contribution is 14.0. The first-order valence-corrected chi connectivity index (χ1v) is 9.58. The van der Waals surface area contributed by atoms with Crippen molar-refractivity contribution in [1.29, 1.82) is 0 Å². The van der Waals surface area contributed by atoms with E-state index in [-0.39, 0.29) is 24.0 Å². The van der Waals surface area contributed by atoms with Gasteiger partial charge in [-0.1, -0.05) is 19.0 Å². The maximum absolute atomic E-state index is 5.43. The molecular formula is C19H28IN7O2. The molecule has 0 radical (unpaired) electrons. The van der Waals surface area contributed by atoms with Gasteiger partial charge in [0.1, 0.15) is 5.82 Å². The van der Waals surface area contributed by atoms with Gasteiger partial charge in [0.05, 0.1) is 18.5 Å². The zero-order valence-electron chi connectivity index (χ0n) is 16.9. The smallest absolute Gasteiger partial charge is 0.216 e. The topological polar surface area (TPSA) is 117 Å². The molecule has 3 rings (SSSR count). The van der Waals surface area contributed by atoms with E-state index in [2.05, 4.69) is 49.8 Å². The van der Waals surface area contributed by atoms with Gasteiger partial charge in [0, 0.05) is 32.0 Å². The lowest BCUT2D eigenvalue weighted by atomic mass is 9.99. The third-order valence-electron chi connectivity index (χ3n) is 4.56. The highest BCUT2D eigenvalue weighted by Gasteiger charge is 2.13. The molecule has 0 aliphatic carbocycles. The van der Waals surface area contributed by atoms with Gasteiger partial charge in [-0.15, -0.1) is 24.0 Å². The summed E-state index contributed by atoms with van der Waals surface area (Å²) < 4.78 is 10.7. The minimum Gasteiger partial charge on any atom is -0.461 e. The summed E-state index contributed by atoms with van der Waals surface area (Å²) in [5.74, 6) is 3.91. The van der Waals surface area contributed by atoms with Crippen molar-refractivity contribution in [2.75, 3.05) is 13.6 Å². The van der Waals surface area contributed by atoms with Crippen molar-refractivity contribution in [3.63, 3.8) is 0 Å². The van der Waals surface area contributed by atoms with Crippen LogP contribution in [0.2, 0.25) is 0 Å². The van der Waals surface area contributed by atoms with Gasteiger partial charge in [0.15, 0.2) is 17.5 Å². The molecule has 0 bridgehead atoms. The van der Waals surface area contributed by atoms with Crippen LogP contribution < -0.4 is 10.6 Å². The molecule has 0 spiro atoms. The van der Waals surface area contributed by atoms with Gasteiger partial charge in [0.2, 0.25) is 5.82 Å². The predicted octanol–water partition coefficient (Wildman–Crippen LogP) is 3.48. The molecule has 3 heterocycles. The average Bonchev–Trinajstić information content (AvgIpc) is 3.47. The van der Waals surface area contributed by atoms with E-state index in [9.17, 15) is 0 Å². The molecule has 3 aromatic rings. The van der Waals surface area contributed by atoms with Gasteiger partial charge >= 0.3 is 0 Å². The van der Waals surface area contributed by atoms with Crippen LogP contribution in [0.15, 0.2) is 38.4 Å². The molecule has 0 aromatic carbocycles. The summed E-state index contributed by atoms with van der Waals surface area (Å²) in [5, 5.41) is 17.7. The number of aliphatic imine (C=N–C) groups is 1. The largest absolute Gasteiger partial charge is 0.461 e. The van der Waals surface area contributed by atoms with Gasteiger partial charge < -0.3 is 19.6 Å². The molecule has 0 atom stereocenters. The third kappa shape index (κ3) is 6.31. The fourth-order valence-electron chi connectivity index (χ4n) is 2.93. The number of furan rings is 1. The van der Waals surface area contributed by atoms with Gasteiger partial charge in [-0.05, 0) is 25.0 Å². The summed E-state index contributed by atoms with van der Waals surface area (Å²) in [6.45, 7) is 5.51. The fourth-order valence-corrected chi connectivity index (χ4v) is 2.93. The Balaban J connectivity index is 0.00000300. The highest BCUT2D eigenvalue weighted by atomic mass is 127. The molecule has 0 saturated heterocycles. The number of guanidine groups is 1. The Morgan fingerprint density at radius 3 is 2.79 bits per heavy atom. The van der Waals surface area contributed by atoms with Crippen molar-refractivity contribution in [3.8, 4) is 11.6 Å². The van der Waals surface area contributed by atoms with Crippen LogP contribution in [0.3, 0.4) is 0 Å². The molecule has 0 aliphatic heterocycles. The molecule has 3 aromatic heterocycles. The van der Waals surface area contributed by atoms with Crippen LogP contribution in [-0.2, 0) is 13.0 Å². The number of H-pyrrole nitrogens is 1. The van der Waals surface area contributed by atoms with Crippen LogP contribution in [0.1, 0.15) is 49.9 Å². The molecule has 3 N–H and O–H groups in total.